The minimum Gasteiger partial charge on any atom is -0.448 e. The minimum absolute atomic E-state index is 0.0121. The van der Waals surface area contributed by atoms with Crippen LogP contribution in [0, 0.1) is 17.8 Å². The zero-order valence-electron chi connectivity index (χ0n) is 39.5. The third-order valence-corrected chi connectivity index (χ3v) is 14.9. The molecular weight excluding hydrogens is 851 g/mol. The molecule has 1 aliphatic rings. The average Bonchev–Trinajstić information content (AvgIpc) is 3.74. The highest BCUT2D eigenvalue weighted by atomic mass is 33.1. The summed E-state index contributed by atoms with van der Waals surface area (Å²) in [6.07, 6.45) is -0.937. The number of nitrogens with zero attached hydrogens (tertiary/aromatic N) is 5. The van der Waals surface area contributed by atoms with E-state index in [0.29, 0.717) is 30.1 Å². The van der Waals surface area contributed by atoms with E-state index in [1.807, 2.05) is 45.9 Å². The van der Waals surface area contributed by atoms with Gasteiger partial charge < -0.3 is 45.6 Å². The van der Waals surface area contributed by atoms with E-state index < -0.39 is 65.0 Å². The van der Waals surface area contributed by atoms with Gasteiger partial charge in [0.2, 0.25) is 28.8 Å². The van der Waals surface area contributed by atoms with Crippen LogP contribution in [0.5, 0.6) is 0 Å². The first kappa shape index (κ1) is 55.3. The van der Waals surface area contributed by atoms with Crippen molar-refractivity contribution in [1.82, 2.24) is 30.3 Å². The maximum Gasteiger partial charge on any atom is 0.410 e. The number of amidine groups is 1. The van der Waals surface area contributed by atoms with Gasteiger partial charge in [-0.3, -0.25) is 29.1 Å². The molecule has 20 heteroatoms. The molecule has 358 valence electrons. The number of likely N-dealkylation sites (tertiary alicyclic amines) is 1. The summed E-state index contributed by atoms with van der Waals surface area (Å²) in [5, 5.41) is 21.8. The first-order valence-corrected chi connectivity index (χ1v) is 23.6. The third kappa shape index (κ3) is 16.0. The number of carbonyl (C=O) groups is 5. The number of amides is 5. The van der Waals surface area contributed by atoms with Gasteiger partial charge in [0.05, 0.1) is 60.1 Å². The second-order valence-electron chi connectivity index (χ2n) is 17.3. The third-order valence-electron chi connectivity index (χ3n) is 11.6. The number of benzene rings is 1. The number of hydrogen-bond donors (Lipinski definition) is 5. The lowest BCUT2D eigenvalue weighted by molar-refractivity contribution is -0.146. The van der Waals surface area contributed by atoms with Gasteiger partial charge in [-0.25, -0.2) is 10.6 Å². The summed E-state index contributed by atoms with van der Waals surface area (Å²) in [6.45, 7) is 14.9. The SMILES string of the molecule is CCC(C)C(C(CC(=O)N1CCCC1C(OC)C(C)C(=O)NC(C)C(O)c1ccccc1)OC)N(C)C(=O)CNC(=O)C(C(C)C)N(C)C(=O)OCC(C)(C)SS/C(=N/N)N(C)N. The Labute approximate surface area is 382 Å². The molecule has 2 rings (SSSR count). The number of carbonyl (C=O) groups excluding carboxylic acids is 5. The average molecular weight is 926 g/mol. The van der Waals surface area contributed by atoms with Crippen molar-refractivity contribution >= 4 is 56.5 Å². The van der Waals surface area contributed by atoms with E-state index in [-0.39, 0.29) is 49.3 Å². The molecule has 1 aromatic carbocycles. The van der Waals surface area contributed by atoms with Crippen LogP contribution in [-0.2, 0) is 33.4 Å². The number of nitrogens with one attached hydrogen (secondary N) is 2. The van der Waals surface area contributed by atoms with Gasteiger partial charge in [0.15, 0.2) is 0 Å². The Morgan fingerprint density at radius 2 is 1.63 bits per heavy atom. The van der Waals surface area contributed by atoms with Crippen LogP contribution >= 0.6 is 21.6 Å². The smallest absolute Gasteiger partial charge is 0.410 e. The Kier molecular flexibility index (Phi) is 23.0. The van der Waals surface area contributed by atoms with Gasteiger partial charge in [-0.1, -0.05) is 82.2 Å². The second kappa shape index (κ2) is 26.2. The highest BCUT2D eigenvalue weighted by Gasteiger charge is 2.42. The highest BCUT2D eigenvalue weighted by molar-refractivity contribution is 8.82. The number of methoxy groups -OCH3 is 2. The molecule has 1 saturated heterocycles. The summed E-state index contributed by atoms with van der Waals surface area (Å²) < 4.78 is 16.9. The molecule has 0 bridgehead atoms. The number of aliphatic hydroxyl groups excluding tert-OH is 1. The van der Waals surface area contributed by atoms with Gasteiger partial charge in [-0.2, -0.15) is 5.10 Å². The van der Waals surface area contributed by atoms with Crippen molar-refractivity contribution < 1.29 is 43.3 Å². The molecule has 1 fully saturated rings. The predicted octanol–water partition coefficient (Wildman–Crippen LogP) is 3.55. The molecule has 5 amide bonds. The van der Waals surface area contributed by atoms with E-state index in [1.54, 1.807) is 58.8 Å². The number of nitrogens with two attached hydrogens (primary N) is 2. The molecule has 63 heavy (non-hydrogen) atoms. The molecule has 0 aliphatic carbocycles. The van der Waals surface area contributed by atoms with E-state index in [0.717, 1.165) is 6.42 Å². The molecule has 1 heterocycles. The van der Waals surface area contributed by atoms with Crippen LogP contribution in [0.1, 0.15) is 92.7 Å². The molecule has 1 aliphatic heterocycles. The van der Waals surface area contributed by atoms with E-state index in [1.165, 1.54) is 57.7 Å². The summed E-state index contributed by atoms with van der Waals surface area (Å²) in [6, 6.07) is 6.67. The Balaban J connectivity index is 2.12. The van der Waals surface area contributed by atoms with Crippen LogP contribution in [0.15, 0.2) is 35.4 Å². The van der Waals surface area contributed by atoms with Gasteiger partial charge in [0.25, 0.3) is 0 Å². The number of hydrazone groups is 1. The standard InChI is InChI=1S/C43H75N9O9S2/c1-14-27(4)36(49(9)34(54)24-46-40(57)35(26(2)3)50(10)42(58)61-25-43(7,8)63-62-41(48-44)51(11)45)32(59-12)23-33(53)52-22-18-21-31(52)38(60-13)28(5)39(56)47-29(6)37(55)30-19-16-15-17-20-30/h15-17,19-20,26-29,31-32,35-38,55H,14,18,21-25,44-45H2,1-13H3,(H,46,57)(H,47,56)/b48-41+. The van der Waals surface area contributed by atoms with E-state index in [2.05, 4.69) is 15.7 Å². The Morgan fingerprint density at radius 3 is 2.17 bits per heavy atom. The zero-order chi connectivity index (χ0) is 47.8. The summed E-state index contributed by atoms with van der Waals surface area (Å²) >= 11 is 0. The Morgan fingerprint density at radius 1 is 1.00 bits per heavy atom. The monoisotopic (exact) mass is 926 g/mol. The number of likely N-dealkylation sites (N-methyl/N-ethyl adjacent to an activating group) is 2. The fourth-order valence-corrected chi connectivity index (χ4v) is 9.91. The van der Waals surface area contributed by atoms with Crippen molar-refractivity contribution in [3.05, 3.63) is 35.9 Å². The molecule has 0 spiro atoms. The maximum atomic E-state index is 14.2. The van der Waals surface area contributed by atoms with Crippen molar-refractivity contribution in [3.8, 4) is 0 Å². The Bertz CT molecular complexity index is 1660. The molecule has 9 atom stereocenters. The van der Waals surface area contributed by atoms with Crippen LogP contribution < -0.4 is 22.3 Å². The number of aliphatic hydroxyl groups is 1. The zero-order valence-corrected chi connectivity index (χ0v) is 41.2. The maximum absolute atomic E-state index is 14.2. The lowest BCUT2D eigenvalue weighted by Crippen LogP contribution is -2.56. The van der Waals surface area contributed by atoms with Gasteiger partial charge in [0.1, 0.15) is 12.6 Å². The molecule has 9 unspecified atom stereocenters. The highest BCUT2D eigenvalue weighted by Crippen LogP contribution is 2.37. The number of hydrogen-bond acceptors (Lipinski definition) is 14. The van der Waals surface area contributed by atoms with Crippen molar-refractivity contribution in [2.45, 2.75) is 128 Å². The number of rotatable bonds is 23. The van der Waals surface area contributed by atoms with Gasteiger partial charge >= 0.3 is 6.09 Å². The Hall–Kier alpha value is -3.82. The summed E-state index contributed by atoms with van der Waals surface area (Å²) in [5.74, 6) is 8.66. The number of ether oxygens (including phenoxy) is 3. The minimum atomic E-state index is -0.945. The van der Waals surface area contributed by atoms with E-state index in [9.17, 15) is 29.1 Å². The molecule has 0 aromatic heterocycles. The van der Waals surface area contributed by atoms with Crippen LogP contribution in [0.4, 0.5) is 4.79 Å². The summed E-state index contributed by atoms with van der Waals surface area (Å²) in [4.78, 5) is 72.8. The van der Waals surface area contributed by atoms with Gasteiger partial charge in [0, 0.05) is 41.9 Å². The summed E-state index contributed by atoms with van der Waals surface area (Å²) in [5.41, 5.74) is 0.689. The quantitative estimate of drug-likeness (QED) is 0.0348. The first-order valence-electron chi connectivity index (χ1n) is 21.5. The van der Waals surface area contributed by atoms with Crippen molar-refractivity contribution in [1.29, 1.82) is 0 Å². The molecule has 18 nitrogen and oxygen atoms in total. The molecular formula is C43H75N9O9S2. The van der Waals surface area contributed by atoms with Gasteiger partial charge in [-0.15, -0.1) is 0 Å². The lowest BCUT2D eigenvalue weighted by atomic mass is 9.90. The molecule has 7 N–H and O–H groups in total. The molecule has 0 radical (unpaired) electrons. The van der Waals surface area contributed by atoms with Crippen LogP contribution in [0.3, 0.4) is 0 Å². The summed E-state index contributed by atoms with van der Waals surface area (Å²) in [7, 11) is 10.4. The largest absolute Gasteiger partial charge is 0.448 e. The lowest BCUT2D eigenvalue weighted by Gasteiger charge is -2.39. The topological polar surface area (TPSA) is 235 Å². The molecule has 1 aromatic rings. The van der Waals surface area contributed by atoms with Gasteiger partial charge in [-0.05, 0) is 61.8 Å². The van der Waals surface area contributed by atoms with Crippen molar-refractivity contribution in [2.24, 2.45) is 34.5 Å². The molecule has 0 saturated carbocycles. The first-order chi connectivity index (χ1) is 29.6. The van der Waals surface area contributed by atoms with Crippen LogP contribution in [-0.4, -0.2) is 156 Å². The predicted molar refractivity (Wildman–Crippen MR) is 249 cm³/mol. The van der Waals surface area contributed by atoms with Crippen LogP contribution in [0.25, 0.3) is 0 Å². The van der Waals surface area contributed by atoms with E-state index >= 15 is 0 Å². The van der Waals surface area contributed by atoms with Crippen molar-refractivity contribution in [3.63, 3.8) is 0 Å². The fourth-order valence-electron chi connectivity index (χ4n) is 7.81. The normalized spacial score (nSPS) is 18.3. The second-order valence-corrected chi connectivity index (χ2v) is 20.1. The van der Waals surface area contributed by atoms with Crippen LogP contribution in [0.2, 0.25) is 0 Å². The van der Waals surface area contributed by atoms with Crippen molar-refractivity contribution in [2.75, 3.05) is 55.1 Å². The number of hydrazine groups is 1. The van der Waals surface area contributed by atoms with E-state index in [4.69, 9.17) is 25.9 Å². The fraction of sp³-hybridized carbons (Fsp3) is 0.721.